The molecule has 0 radical (unpaired) electrons. The molecule has 3 rings (SSSR count). The lowest BCUT2D eigenvalue weighted by atomic mass is 9.98. The van der Waals surface area contributed by atoms with Crippen molar-refractivity contribution in [1.29, 1.82) is 0 Å². The van der Waals surface area contributed by atoms with Crippen LogP contribution in [-0.4, -0.2) is 13.2 Å². The SMILES string of the molecule is NC(c1ccc2c(c1)OCCO2)c1cccc(Br)c1F. The van der Waals surface area contributed by atoms with Crippen molar-refractivity contribution < 1.29 is 13.9 Å². The minimum absolute atomic E-state index is 0.338. The summed E-state index contributed by atoms with van der Waals surface area (Å²) in [6.07, 6.45) is 0. The Morgan fingerprint density at radius 1 is 1.10 bits per heavy atom. The molecule has 1 atom stereocenters. The van der Waals surface area contributed by atoms with Crippen molar-refractivity contribution in [3.63, 3.8) is 0 Å². The van der Waals surface area contributed by atoms with E-state index in [0.717, 1.165) is 5.56 Å². The van der Waals surface area contributed by atoms with Gasteiger partial charge in [-0.15, -0.1) is 0 Å². The van der Waals surface area contributed by atoms with Gasteiger partial charge in [0.15, 0.2) is 11.5 Å². The smallest absolute Gasteiger partial charge is 0.161 e. The van der Waals surface area contributed by atoms with E-state index in [-0.39, 0.29) is 5.82 Å². The Hall–Kier alpha value is -1.59. The van der Waals surface area contributed by atoms with Crippen molar-refractivity contribution in [3.8, 4) is 11.5 Å². The number of ether oxygens (including phenoxy) is 2. The first-order valence-electron chi connectivity index (χ1n) is 6.26. The van der Waals surface area contributed by atoms with Gasteiger partial charge >= 0.3 is 0 Å². The molecule has 0 spiro atoms. The molecule has 2 aromatic rings. The molecule has 2 aromatic carbocycles. The number of hydrogen-bond acceptors (Lipinski definition) is 3. The average molecular weight is 338 g/mol. The number of hydrogen-bond donors (Lipinski definition) is 1. The Bertz CT molecular complexity index is 648. The van der Waals surface area contributed by atoms with E-state index in [1.807, 2.05) is 6.07 Å². The minimum atomic E-state index is -0.552. The molecule has 0 saturated carbocycles. The average Bonchev–Trinajstić information content (AvgIpc) is 2.49. The second-order valence-electron chi connectivity index (χ2n) is 4.52. The number of benzene rings is 2. The summed E-state index contributed by atoms with van der Waals surface area (Å²) >= 11 is 3.17. The van der Waals surface area contributed by atoms with Crippen molar-refractivity contribution in [1.82, 2.24) is 0 Å². The summed E-state index contributed by atoms with van der Waals surface area (Å²) in [6.45, 7) is 1.05. The van der Waals surface area contributed by atoms with Crippen LogP contribution in [0.15, 0.2) is 40.9 Å². The molecule has 1 unspecified atom stereocenters. The number of nitrogens with two attached hydrogens (primary N) is 1. The first-order valence-corrected chi connectivity index (χ1v) is 7.05. The number of fused-ring (bicyclic) bond motifs is 1. The Morgan fingerprint density at radius 2 is 1.85 bits per heavy atom. The largest absolute Gasteiger partial charge is 0.486 e. The van der Waals surface area contributed by atoms with Crippen LogP contribution in [0.2, 0.25) is 0 Å². The van der Waals surface area contributed by atoms with Gasteiger partial charge in [0.1, 0.15) is 19.0 Å². The van der Waals surface area contributed by atoms with Crippen LogP contribution in [0.3, 0.4) is 0 Å². The highest BCUT2D eigenvalue weighted by Gasteiger charge is 2.18. The molecular weight excluding hydrogens is 325 g/mol. The van der Waals surface area contributed by atoms with Crippen LogP contribution in [0.25, 0.3) is 0 Å². The monoisotopic (exact) mass is 337 g/mol. The van der Waals surface area contributed by atoms with Gasteiger partial charge in [0.2, 0.25) is 0 Å². The molecular formula is C15H13BrFNO2. The maximum Gasteiger partial charge on any atom is 0.161 e. The summed E-state index contributed by atoms with van der Waals surface area (Å²) in [5.41, 5.74) is 7.39. The Labute approximate surface area is 124 Å². The van der Waals surface area contributed by atoms with E-state index in [0.29, 0.717) is 34.7 Å². The van der Waals surface area contributed by atoms with Crippen LogP contribution < -0.4 is 15.2 Å². The summed E-state index contributed by atoms with van der Waals surface area (Å²) in [7, 11) is 0. The molecule has 0 saturated heterocycles. The third-order valence-electron chi connectivity index (χ3n) is 3.24. The molecule has 0 aliphatic carbocycles. The van der Waals surface area contributed by atoms with Crippen LogP contribution in [0.4, 0.5) is 4.39 Å². The van der Waals surface area contributed by atoms with Gasteiger partial charge in [0.25, 0.3) is 0 Å². The Kier molecular flexibility index (Phi) is 3.63. The quantitative estimate of drug-likeness (QED) is 0.913. The maximum absolute atomic E-state index is 14.1. The fraction of sp³-hybridized carbons (Fsp3) is 0.200. The highest BCUT2D eigenvalue weighted by molar-refractivity contribution is 9.10. The second kappa shape index (κ2) is 5.42. The van der Waals surface area contributed by atoms with E-state index < -0.39 is 6.04 Å². The van der Waals surface area contributed by atoms with Crippen molar-refractivity contribution in [2.45, 2.75) is 6.04 Å². The van der Waals surface area contributed by atoms with E-state index in [2.05, 4.69) is 15.9 Å². The molecule has 20 heavy (non-hydrogen) atoms. The normalized spacial score (nSPS) is 14.9. The lowest BCUT2D eigenvalue weighted by molar-refractivity contribution is 0.171. The summed E-state index contributed by atoms with van der Waals surface area (Å²) in [6, 6.07) is 9.98. The molecule has 5 heteroatoms. The summed E-state index contributed by atoms with van der Waals surface area (Å²) in [5, 5.41) is 0. The van der Waals surface area contributed by atoms with Gasteiger partial charge in [-0.05, 0) is 39.7 Å². The summed E-state index contributed by atoms with van der Waals surface area (Å²) < 4.78 is 25.5. The minimum Gasteiger partial charge on any atom is -0.486 e. The fourth-order valence-electron chi connectivity index (χ4n) is 2.19. The Balaban J connectivity index is 1.98. The molecule has 2 N–H and O–H groups in total. The summed E-state index contributed by atoms with van der Waals surface area (Å²) in [5.74, 6) is 1.01. The molecule has 1 aliphatic heterocycles. The van der Waals surface area contributed by atoms with Gasteiger partial charge in [-0.2, -0.15) is 0 Å². The van der Waals surface area contributed by atoms with E-state index in [1.165, 1.54) is 0 Å². The molecule has 0 fully saturated rings. The van der Waals surface area contributed by atoms with Gasteiger partial charge in [0, 0.05) is 5.56 Å². The van der Waals surface area contributed by atoms with Gasteiger partial charge < -0.3 is 15.2 Å². The van der Waals surface area contributed by atoms with Crippen LogP contribution in [0, 0.1) is 5.82 Å². The molecule has 1 heterocycles. The lowest BCUT2D eigenvalue weighted by Crippen LogP contribution is -2.17. The maximum atomic E-state index is 14.1. The van der Waals surface area contributed by atoms with Gasteiger partial charge in [0.05, 0.1) is 10.5 Å². The Morgan fingerprint density at radius 3 is 2.65 bits per heavy atom. The molecule has 0 amide bonds. The topological polar surface area (TPSA) is 44.5 Å². The number of rotatable bonds is 2. The zero-order valence-electron chi connectivity index (χ0n) is 10.6. The molecule has 104 valence electrons. The van der Waals surface area contributed by atoms with E-state index >= 15 is 0 Å². The number of halogens is 2. The van der Waals surface area contributed by atoms with Crippen LogP contribution in [0.5, 0.6) is 11.5 Å². The van der Waals surface area contributed by atoms with E-state index in [4.69, 9.17) is 15.2 Å². The van der Waals surface area contributed by atoms with Crippen molar-refractivity contribution in [2.75, 3.05) is 13.2 Å². The molecule has 1 aliphatic rings. The fourth-order valence-corrected chi connectivity index (χ4v) is 2.58. The standard InChI is InChI=1S/C15H13BrFNO2/c16-11-3-1-2-10(14(11)17)15(18)9-4-5-12-13(8-9)20-7-6-19-12/h1-5,8,15H,6-7,18H2. The van der Waals surface area contributed by atoms with Gasteiger partial charge in [-0.25, -0.2) is 4.39 Å². The van der Waals surface area contributed by atoms with Crippen LogP contribution in [0.1, 0.15) is 17.2 Å². The third-order valence-corrected chi connectivity index (χ3v) is 3.85. The lowest BCUT2D eigenvalue weighted by Gasteiger charge is -2.21. The highest BCUT2D eigenvalue weighted by Crippen LogP contribution is 2.34. The zero-order chi connectivity index (χ0) is 14.1. The predicted molar refractivity (Wildman–Crippen MR) is 77.6 cm³/mol. The van der Waals surface area contributed by atoms with Crippen LogP contribution >= 0.6 is 15.9 Å². The van der Waals surface area contributed by atoms with Crippen molar-refractivity contribution >= 4 is 15.9 Å². The zero-order valence-corrected chi connectivity index (χ0v) is 12.2. The van der Waals surface area contributed by atoms with E-state index in [1.54, 1.807) is 30.3 Å². The second-order valence-corrected chi connectivity index (χ2v) is 5.38. The van der Waals surface area contributed by atoms with Crippen LogP contribution in [-0.2, 0) is 0 Å². The van der Waals surface area contributed by atoms with Gasteiger partial charge in [-0.1, -0.05) is 18.2 Å². The van der Waals surface area contributed by atoms with Crippen molar-refractivity contribution in [2.24, 2.45) is 5.73 Å². The molecule has 0 bridgehead atoms. The predicted octanol–water partition coefficient (Wildman–Crippen LogP) is 3.41. The highest BCUT2D eigenvalue weighted by atomic mass is 79.9. The third kappa shape index (κ3) is 2.39. The van der Waals surface area contributed by atoms with Gasteiger partial charge in [-0.3, -0.25) is 0 Å². The molecule has 3 nitrogen and oxygen atoms in total. The summed E-state index contributed by atoms with van der Waals surface area (Å²) in [4.78, 5) is 0. The van der Waals surface area contributed by atoms with Crippen molar-refractivity contribution in [3.05, 3.63) is 57.8 Å². The molecule has 0 aromatic heterocycles. The first kappa shape index (κ1) is 13.4. The first-order chi connectivity index (χ1) is 9.66. The van der Waals surface area contributed by atoms with E-state index in [9.17, 15) is 4.39 Å².